The molecule has 1 N–H and O–H groups in total. The summed E-state index contributed by atoms with van der Waals surface area (Å²) in [5.74, 6) is 0.804. The van der Waals surface area contributed by atoms with E-state index in [2.05, 4.69) is 24.1 Å². The average molecular weight is 224 g/mol. The van der Waals surface area contributed by atoms with Crippen LogP contribution in [0.2, 0.25) is 0 Å². The van der Waals surface area contributed by atoms with E-state index in [1.807, 2.05) is 0 Å². The third-order valence-electron chi connectivity index (χ3n) is 4.11. The van der Waals surface area contributed by atoms with Crippen LogP contribution in [0.5, 0.6) is 0 Å². The lowest BCUT2D eigenvalue weighted by Crippen LogP contribution is -2.53. The zero-order valence-corrected chi connectivity index (χ0v) is 11.1. The molecule has 1 spiro atoms. The first-order valence-corrected chi connectivity index (χ1v) is 7.18. The molecule has 2 aliphatic rings. The van der Waals surface area contributed by atoms with Crippen molar-refractivity contribution >= 4 is 0 Å². The average Bonchev–Trinajstić information content (AvgIpc) is 2.41. The van der Waals surface area contributed by atoms with Crippen molar-refractivity contribution in [3.05, 3.63) is 0 Å². The maximum Gasteiger partial charge on any atom is 0.0308 e. The van der Waals surface area contributed by atoms with Crippen molar-refractivity contribution in [1.29, 1.82) is 0 Å². The minimum absolute atomic E-state index is 0.476. The molecular weight excluding hydrogens is 196 g/mol. The number of nitrogens with zero attached hydrogens (tertiary/aromatic N) is 1. The van der Waals surface area contributed by atoms with E-state index in [1.54, 1.807) is 0 Å². The van der Waals surface area contributed by atoms with Gasteiger partial charge in [0.1, 0.15) is 0 Å². The molecule has 2 heteroatoms. The Bertz CT molecular complexity index is 207. The van der Waals surface area contributed by atoms with Gasteiger partial charge >= 0.3 is 0 Å². The summed E-state index contributed by atoms with van der Waals surface area (Å²) >= 11 is 0. The van der Waals surface area contributed by atoms with E-state index < -0.39 is 0 Å². The first-order valence-electron chi connectivity index (χ1n) is 7.18. The van der Waals surface area contributed by atoms with Crippen LogP contribution in [0.25, 0.3) is 0 Å². The van der Waals surface area contributed by atoms with Gasteiger partial charge in [0.15, 0.2) is 0 Å². The Morgan fingerprint density at radius 2 is 1.88 bits per heavy atom. The fourth-order valence-electron chi connectivity index (χ4n) is 3.45. The van der Waals surface area contributed by atoms with Gasteiger partial charge in [0.05, 0.1) is 0 Å². The summed E-state index contributed by atoms with van der Waals surface area (Å²) in [5.41, 5.74) is 0.476. The lowest BCUT2D eigenvalue weighted by atomic mass is 9.81. The molecule has 1 saturated heterocycles. The van der Waals surface area contributed by atoms with Crippen molar-refractivity contribution in [3.63, 3.8) is 0 Å². The number of nitrogens with one attached hydrogen (secondary N) is 1. The van der Waals surface area contributed by atoms with Gasteiger partial charge in [-0.3, -0.25) is 0 Å². The van der Waals surface area contributed by atoms with Gasteiger partial charge in [-0.05, 0) is 38.3 Å². The molecule has 2 rings (SSSR count). The Kier molecular flexibility index (Phi) is 4.26. The fourth-order valence-corrected chi connectivity index (χ4v) is 3.45. The second kappa shape index (κ2) is 5.50. The van der Waals surface area contributed by atoms with Gasteiger partial charge in [0.2, 0.25) is 0 Å². The molecular formula is C14H28N2. The quantitative estimate of drug-likeness (QED) is 0.776. The van der Waals surface area contributed by atoms with E-state index in [1.165, 1.54) is 64.7 Å². The summed E-state index contributed by atoms with van der Waals surface area (Å²) in [5, 5.41) is 3.86. The minimum Gasteiger partial charge on any atom is -0.310 e. The van der Waals surface area contributed by atoms with Gasteiger partial charge in [-0.25, -0.2) is 0 Å². The largest absolute Gasteiger partial charge is 0.310 e. The lowest BCUT2D eigenvalue weighted by Gasteiger charge is -2.40. The fraction of sp³-hybridized carbons (Fsp3) is 1.00. The Balaban J connectivity index is 1.96. The van der Waals surface area contributed by atoms with Crippen molar-refractivity contribution in [2.75, 3.05) is 26.2 Å². The normalized spacial score (nSPS) is 27.2. The van der Waals surface area contributed by atoms with E-state index >= 15 is 0 Å². The van der Waals surface area contributed by atoms with Gasteiger partial charge in [-0.2, -0.15) is 0 Å². The molecule has 1 aliphatic heterocycles. The van der Waals surface area contributed by atoms with E-state index in [9.17, 15) is 0 Å². The lowest BCUT2D eigenvalue weighted by molar-refractivity contribution is 0.154. The van der Waals surface area contributed by atoms with Gasteiger partial charge < -0.3 is 10.2 Å². The number of rotatable bonds is 2. The maximum absolute atomic E-state index is 3.86. The third-order valence-corrected chi connectivity index (χ3v) is 4.11. The molecule has 1 heterocycles. The number of hydrogen-bond acceptors (Lipinski definition) is 2. The highest BCUT2D eigenvalue weighted by Crippen LogP contribution is 2.30. The first kappa shape index (κ1) is 12.4. The Hall–Kier alpha value is -0.0800. The Labute approximate surface area is 101 Å². The van der Waals surface area contributed by atoms with Crippen LogP contribution in [-0.2, 0) is 0 Å². The minimum atomic E-state index is 0.476. The predicted octanol–water partition coefficient (Wildman–Crippen LogP) is 2.64. The second-order valence-electron chi connectivity index (χ2n) is 6.25. The van der Waals surface area contributed by atoms with Gasteiger partial charge in [0.25, 0.3) is 0 Å². The van der Waals surface area contributed by atoms with Crippen LogP contribution in [0.15, 0.2) is 0 Å². The molecule has 0 bridgehead atoms. The molecule has 0 unspecified atom stereocenters. The van der Waals surface area contributed by atoms with Crippen LogP contribution in [0.4, 0.5) is 0 Å². The SMILES string of the molecule is CC(C)CN1CCCNC2(CCCCC2)C1. The van der Waals surface area contributed by atoms with Gasteiger partial charge in [-0.15, -0.1) is 0 Å². The topological polar surface area (TPSA) is 15.3 Å². The number of hydrogen-bond donors (Lipinski definition) is 1. The zero-order valence-electron chi connectivity index (χ0n) is 11.1. The van der Waals surface area contributed by atoms with E-state index in [0.29, 0.717) is 5.54 Å². The highest BCUT2D eigenvalue weighted by molar-refractivity contribution is 4.95. The molecule has 0 radical (unpaired) electrons. The van der Waals surface area contributed by atoms with Crippen LogP contribution < -0.4 is 5.32 Å². The monoisotopic (exact) mass is 224 g/mol. The molecule has 1 saturated carbocycles. The molecule has 0 aromatic heterocycles. The molecule has 16 heavy (non-hydrogen) atoms. The molecule has 94 valence electrons. The van der Waals surface area contributed by atoms with Crippen LogP contribution in [0, 0.1) is 5.92 Å². The summed E-state index contributed by atoms with van der Waals surface area (Å²) in [6.07, 6.45) is 8.45. The molecule has 0 amide bonds. The molecule has 2 nitrogen and oxygen atoms in total. The summed E-state index contributed by atoms with van der Waals surface area (Å²) in [4.78, 5) is 2.70. The van der Waals surface area contributed by atoms with Crippen LogP contribution in [-0.4, -0.2) is 36.6 Å². The summed E-state index contributed by atoms with van der Waals surface area (Å²) < 4.78 is 0. The predicted molar refractivity (Wildman–Crippen MR) is 69.7 cm³/mol. The Morgan fingerprint density at radius 1 is 1.12 bits per heavy atom. The van der Waals surface area contributed by atoms with Crippen LogP contribution >= 0.6 is 0 Å². The molecule has 2 fully saturated rings. The van der Waals surface area contributed by atoms with Crippen molar-refractivity contribution in [2.24, 2.45) is 5.92 Å². The van der Waals surface area contributed by atoms with Gasteiger partial charge in [-0.1, -0.05) is 33.1 Å². The van der Waals surface area contributed by atoms with Crippen molar-refractivity contribution in [2.45, 2.75) is 57.9 Å². The van der Waals surface area contributed by atoms with E-state index in [-0.39, 0.29) is 0 Å². The zero-order chi connectivity index (χ0) is 11.4. The van der Waals surface area contributed by atoms with Crippen LogP contribution in [0.3, 0.4) is 0 Å². The highest BCUT2D eigenvalue weighted by Gasteiger charge is 2.34. The third kappa shape index (κ3) is 3.21. The smallest absolute Gasteiger partial charge is 0.0308 e. The van der Waals surface area contributed by atoms with E-state index in [0.717, 1.165) is 5.92 Å². The maximum atomic E-state index is 3.86. The first-order chi connectivity index (χ1) is 7.70. The van der Waals surface area contributed by atoms with Crippen LogP contribution in [0.1, 0.15) is 52.4 Å². The standard InChI is InChI=1S/C14H28N2/c1-13(2)11-16-10-6-9-15-14(12-16)7-4-3-5-8-14/h13,15H,3-12H2,1-2H3. The molecule has 0 atom stereocenters. The highest BCUT2D eigenvalue weighted by atomic mass is 15.2. The summed E-state index contributed by atoms with van der Waals surface area (Å²) in [6, 6.07) is 0. The Morgan fingerprint density at radius 3 is 2.56 bits per heavy atom. The van der Waals surface area contributed by atoms with Gasteiger partial charge in [0, 0.05) is 18.6 Å². The second-order valence-corrected chi connectivity index (χ2v) is 6.25. The van der Waals surface area contributed by atoms with E-state index in [4.69, 9.17) is 0 Å². The van der Waals surface area contributed by atoms with Crippen molar-refractivity contribution in [1.82, 2.24) is 10.2 Å². The molecule has 0 aromatic rings. The molecule has 0 aromatic carbocycles. The molecule has 1 aliphatic carbocycles. The van der Waals surface area contributed by atoms with Crippen molar-refractivity contribution in [3.8, 4) is 0 Å². The van der Waals surface area contributed by atoms with Crippen molar-refractivity contribution < 1.29 is 0 Å². The summed E-state index contributed by atoms with van der Waals surface area (Å²) in [6.45, 7) is 9.79. The summed E-state index contributed by atoms with van der Waals surface area (Å²) in [7, 11) is 0.